The molecule has 0 aromatic heterocycles. The minimum absolute atomic E-state index is 0.0546. The van der Waals surface area contributed by atoms with Crippen LogP contribution in [0.2, 0.25) is 0 Å². The Kier molecular flexibility index (Phi) is 12.2. The fraction of sp³-hybridized carbons (Fsp3) is 0.200. The molecule has 12 nitrogen and oxygen atoms in total. The number of rotatable bonds is 12. The summed E-state index contributed by atoms with van der Waals surface area (Å²) in [6.45, 7) is 1.20. The zero-order valence-corrected chi connectivity index (χ0v) is 27.2. The summed E-state index contributed by atoms with van der Waals surface area (Å²) in [6, 6.07) is 19.5. The molecule has 8 N–H and O–H groups in total. The number of alkyl halides is 6. The molecule has 0 heterocycles. The number of carboxylic acid groups (broad SMARTS) is 4. The number of anilines is 2. The normalized spacial score (nSPS) is 12.4. The Bertz CT molecular complexity index is 1770. The maximum atomic E-state index is 14.4. The molecule has 18 heteroatoms. The Balaban J connectivity index is 0.000000399. The largest absolute Gasteiger partial charge is 0.481 e. The van der Waals surface area contributed by atoms with Crippen molar-refractivity contribution >= 4 is 35.3 Å². The number of hydrogen-bond donors (Lipinski definition) is 6. The van der Waals surface area contributed by atoms with Crippen LogP contribution >= 0.6 is 0 Å². The van der Waals surface area contributed by atoms with E-state index in [9.17, 15) is 45.5 Å². The van der Waals surface area contributed by atoms with E-state index in [-0.39, 0.29) is 11.5 Å². The minimum Gasteiger partial charge on any atom is -0.481 e. The Labute approximate surface area is 295 Å². The zero-order chi connectivity index (χ0) is 39.9. The van der Waals surface area contributed by atoms with Gasteiger partial charge in [-0.05, 0) is 90.3 Å². The Morgan fingerprint density at radius 3 is 1.00 bits per heavy atom. The van der Waals surface area contributed by atoms with Crippen LogP contribution in [0.25, 0.3) is 0 Å². The fourth-order valence-corrected chi connectivity index (χ4v) is 5.26. The summed E-state index contributed by atoms with van der Waals surface area (Å²) in [5, 5.41) is 34.7. The van der Waals surface area contributed by atoms with E-state index < -0.39 is 70.5 Å². The molecule has 0 radical (unpaired) electrons. The van der Waals surface area contributed by atoms with Crippen LogP contribution in [-0.2, 0) is 24.6 Å². The average molecular weight is 753 g/mol. The van der Waals surface area contributed by atoms with Gasteiger partial charge in [-0.25, -0.2) is 0 Å². The highest BCUT2D eigenvalue weighted by Gasteiger charge is 2.72. The number of carbonyl (C=O) groups is 4. The first-order valence-electron chi connectivity index (χ1n) is 15.0. The summed E-state index contributed by atoms with van der Waals surface area (Å²) >= 11 is 0. The highest BCUT2D eigenvalue weighted by atomic mass is 19.4. The van der Waals surface area contributed by atoms with Gasteiger partial charge in [-0.1, -0.05) is 31.2 Å². The van der Waals surface area contributed by atoms with E-state index in [1.165, 1.54) is 31.2 Å². The van der Waals surface area contributed by atoms with Crippen LogP contribution in [-0.4, -0.2) is 56.7 Å². The predicted molar refractivity (Wildman–Crippen MR) is 174 cm³/mol. The first kappa shape index (κ1) is 41.0. The molecule has 0 aliphatic rings. The predicted octanol–water partition coefficient (Wildman–Crippen LogP) is 7.18. The summed E-state index contributed by atoms with van der Waals surface area (Å²) in [6.07, 6.45) is -11.9. The Morgan fingerprint density at radius 1 is 0.547 bits per heavy atom. The van der Waals surface area contributed by atoms with Crippen LogP contribution in [0, 0.1) is 11.3 Å². The van der Waals surface area contributed by atoms with Crippen LogP contribution < -0.4 is 20.9 Å². The highest BCUT2D eigenvalue weighted by Crippen LogP contribution is 2.56. The van der Waals surface area contributed by atoms with Crippen molar-refractivity contribution < 1.29 is 75.4 Å². The lowest BCUT2D eigenvalue weighted by molar-refractivity contribution is -0.288. The molecule has 1 unspecified atom stereocenters. The van der Waals surface area contributed by atoms with Crippen molar-refractivity contribution in [2.24, 2.45) is 11.3 Å². The standard InChI is InChI=1S/C27H20F6N2O2.C8H10O8/c28-26(29,30)25(27(31,32)33,17-1-9-21(10-2-17)36-23-13-5-19(34)6-14-23)18-3-11-22(12-4-18)37-24-15-7-20(35)8-16-24;1-2-3(4(9)10)8(5(11)12,6(13)14)7(15)16/h1-16H,34-35H2;3H,2H2,1H3,(H,9,10)(H,11,12)(H,13,14)(H,15,16). The van der Waals surface area contributed by atoms with Gasteiger partial charge in [-0.3, -0.25) is 19.2 Å². The number of nitrogen functional groups attached to an aromatic ring is 2. The molecule has 0 aliphatic heterocycles. The topological polar surface area (TPSA) is 220 Å². The number of hydrogen-bond acceptors (Lipinski definition) is 8. The van der Waals surface area contributed by atoms with Crippen LogP contribution in [0.5, 0.6) is 23.0 Å². The van der Waals surface area contributed by atoms with E-state index >= 15 is 0 Å². The minimum atomic E-state index is -5.72. The van der Waals surface area contributed by atoms with Crippen molar-refractivity contribution in [3.05, 3.63) is 108 Å². The van der Waals surface area contributed by atoms with E-state index in [4.69, 9.17) is 41.4 Å². The van der Waals surface area contributed by atoms with Crippen LogP contribution in [0.15, 0.2) is 97.1 Å². The van der Waals surface area contributed by atoms with Crippen LogP contribution in [0.4, 0.5) is 37.7 Å². The molecule has 0 bridgehead atoms. The van der Waals surface area contributed by atoms with Crippen molar-refractivity contribution in [3.8, 4) is 23.0 Å². The number of halogens is 6. The third kappa shape index (κ3) is 8.37. The first-order valence-corrected chi connectivity index (χ1v) is 15.0. The quantitative estimate of drug-likeness (QED) is 0.0481. The molecule has 53 heavy (non-hydrogen) atoms. The third-order valence-electron chi connectivity index (χ3n) is 7.90. The summed E-state index contributed by atoms with van der Waals surface area (Å²) < 4.78 is 97.5. The summed E-state index contributed by atoms with van der Waals surface area (Å²) in [5.41, 5.74) is 2.45. The second-order valence-corrected chi connectivity index (χ2v) is 11.2. The van der Waals surface area contributed by atoms with E-state index in [1.807, 2.05) is 0 Å². The number of aliphatic carboxylic acids is 4. The smallest absolute Gasteiger partial charge is 0.411 e. The van der Waals surface area contributed by atoms with Crippen molar-refractivity contribution in [1.82, 2.24) is 0 Å². The second-order valence-electron chi connectivity index (χ2n) is 11.2. The molecule has 0 saturated carbocycles. The molecule has 282 valence electrons. The van der Waals surface area contributed by atoms with Gasteiger partial charge in [-0.15, -0.1) is 0 Å². The van der Waals surface area contributed by atoms with Crippen molar-refractivity contribution in [2.75, 3.05) is 11.5 Å². The SMILES string of the molecule is CCC(C(=O)O)C(C(=O)O)(C(=O)O)C(=O)O.Nc1ccc(Oc2ccc(C(c3ccc(Oc4ccc(N)cc4)cc3)(C(F)(F)F)C(F)(F)F)cc2)cc1. The summed E-state index contributed by atoms with van der Waals surface area (Å²) in [5.74, 6) is -9.70. The van der Waals surface area contributed by atoms with Gasteiger partial charge in [0, 0.05) is 11.4 Å². The molecule has 0 aliphatic carbocycles. The zero-order valence-electron chi connectivity index (χ0n) is 27.2. The van der Waals surface area contributed by atoms with E-state index in [0.717, 1.165) is 48.5 Å². The molecule has 4 aromatic carbocycles. The van der Waals surface area contributed by atoms with E-state index in [1.54, 1.807) is 24.3 Å². The molecule has 0 spiro atoms. The molecule has 4 rings (SSSR count). The van der Waals surface area contributed by atoms with Crippen molar-refractivity contribution in [2.45, 2.75) is 31.1 Å². The number of nitrogens with two attached hydrogens (primary N) is 2. The molecule has 0 amide bonds. The molecular weight excluding hydrogens is 722 g/mol. The maximum absolute atomic E-state index is 14.4. The van der Waals surface area contributed by atoms with Crippen molar-refractivity contribution in [3.63, 3.8) is 0 Å². The Hall–Kier alpha value is -6.46. The summed E-state index contributed by atoms with van der Waals surface area (Å²) in [7, 11) is 0. The fourth-order valence-electron chi connectivity index (χ4n) is 5.26. The number of ether oxygens (including phenoxy) is 2. The average Bonchev–Trinajstić information content (AvgIpc) is 3.05. The molecule has 4 aromatic rings. The van der Waals surface area contributed by atoms with Crippen molar-refractivity contribution in [1.29, 1.82) is 0 Å². The van der Waals surface area contributed by atoms with E-state index in [2.05, 4.69) is 0 Å². The Morgan fingerprint density at radius 2 is 0.811 bits per heavy atom. The molecule has 0 saturated heterocycles. The molecular formula is C35H30F6N2O10. The maximum Gasteiger partial charge on any atom is 0.411 e. The van der Waals surface area contributed by atoms with Gasteiger partial charge in [0.2, 0.25) is 5.41 Å². The molecule has 1 atom stereocenters. The van der Waals surface area contributed by atoms with Gasteiger partial charge in [0.25, 0.3) is 5.41 Å². The van der Waals surface area contributed by atoms with Crippen LogP contribution in [0.1, 0.15) is 24.5 Å². The summed E-state index contributed by atoms with van der Waals surface area (Å²) in [4.78, 5) is 43.1. The van der Waals surface area contributed by atoms with Gasteiger partial charge in [0.05, 0.1) is 5.92 Å². The monoisotopic (exact) mass is 752 g/mol. The van der Waals surface area contributed by atoms with Gasteiger partial charge in [-0.2, -0.15) is 26.3 Å². The second kappa shape index (κ2) is 15.8. The van der Waals surface area contributed by atoms with Gasteiger partial charge < -0.3 is 41.4 Å². The van der Waals surface area contributed by atoms with Gasteiger partial charge in [0.1, 0.15) is 23.0 Å². The van der Waals surface area contributed by atoms with Gasteiger partial charge in [0.15, 0.2) is 0 Å². The van der Waals surface area contributed by atoms with Gasteiger partial charge >= 0.3 is 36.2 Å². The van der Waals surface area contributed by atoms with Crippen LogP contribution in [0.3, 0.4) is 0 Å². The molecule has 0 fully saturated rings. The highest BCUT2D eigenvalue weighted by molar-refractivity contribution is 6.18. The lowest BCUT2D eigenvalue weighted by atomic mass is 9.73. The number of benzene rings is 4. The van der Waals surface area contributed by atoms with E-state index in [0.29, 0.717) is 22.9 Å². The first-order chi connectivity index (χ1) is 24.6. The lowest BCUT2D eigenvalue weighted by Crippen LogP contribution is -2.54. The number of carboxylic acids is 4. The lowest BCUT2D eigenvalue weighted by Gasteiger charge is -2.38. The third-order valence-corrected chi connectivity index (χ3v) is 7.90.